The van der Waals surface area contributed by atoms with Gasteiger partial charge in [-0.25, -0.2) is 0 Å². The molecule has 1 aromatic heterocycles. The molecule has 0 saturated carbocycles. The number of aliphatic hydroxyl groups excluding tert-OH is 1. The van der Waals surface area contributed by atoms with E-state index in [1.807, 2.05) is 0 Å². The molecule has 0 aromatic carbocycles. The largest absolute Gasteiger partial charge is 0.392 e. The van der Waals surface area contributed by atoms with Crippen LogP contribution in [0.3, 0.4) is 0 Å². The van der Waals surface area contributed by atoms with Crippen molar-refractivity contribution in [3.63, 3.8) is 0 Å². The number of amides is 1. The molecule has 1 aliphatic carbocycles. The summed E-state index contributed by atoms with van der Waals surface area (Å²) in [7, 11) is 0. The summed E-state index contributed by atoms with van der Waals surface area (Å²) in [5, 5.41) is 18.6. The lowest BCUT2D eigenvalue weighted by Gasteiger charge is -2.05. The van der Waals surface area contributed by atoms with Crippen molar-refractivity contribution in [3.05, 3.63) is 17.0 Å². The summed E-state index contributed by atoms with van der Waals surface area (Å²) >= 11 is 0. The number of fused-ring (bicyclic) bond motifs is 1. The van der Waals surface area contributed by atoms with E-state index in [1.165, 1.54) is 0 Å². The number of aryl methyl sites for hydroxylation is 1. The van der Waals surface area contributed by atoms with Crippen LogP contribution in [0.25, 0.3) is 0 Å². The Bertz CT molecular complexity index is 371. The second kappa shape index (κ2) is 4.02. The van der Waals surface area contributed by atoms with Gasteiger partial charge in [-0.15, -0.1) is 0 Å². The minimum Gasteiger partial charge on any atom is -0.392 e. The fourth-order valence-electron chi connectivity index (χ4n) is 1.83. The van der Waals surface area contributed by atoms with Crippen molar-refractivity contribution in [1.82, 2.24) is 15.5 Å². The first-order valence-electron chi connectivity index (χ1n) is 5.21. The van der Waals surface area contributed by atoms with Crippen LogP contribution in [0.4, 0.5) is 0 Å². The Morgan fingerprint density at radius 2 is 2.47 bits per heavy atom. The second-order valence-electron chi connectivity index (χ2n) is 3.94. The number of nitrogens with one attached hydrogen (secondary N) is 2. The first-order valence-corrected chi connectivity index (χ1v) is 5.21. The Kier molecular flexibility index (Phi) is 2.73. The number of aromatic amines is 1. The van der Waals surface area contributed by atoms with E-state index in [1.54, 1.807) is 6.92 Å². The van der Waals surface area contributed by atoms with Crippen LogP contribution in [0, 0.1) is 0 Å². The van der Waals surface area contributed by atoms with Gasteiger partial charge >= 0.3 is 0 Å². The Morgan fingerprint density at radius 1 is 1.67 bits per heavy atom. The van der Waals surface area contributed by atoms with E-state index in [9.17, 15) is 4.79 Å². The molecule has 5 nitrogen and oxygen atoms in total. The van der Waals surface area contributed by atoms with Crippen molar-refractivity contribution in [2.24, 2.45) is 0 Å². The molecule has 0 spiro atoms. The first-order chi connectivity index (χ1) is 7.18. The maximum Gasteiger partial charge on any atom is 0.272 e. The van der Waals surface area contributed by atoms with Gasteiger partial charge < -0.3 is 10.4 Å². The lowest BCUT2D eigenvalue weighted by molar-refractivity contribution is 0.0918. The highest BCUT2D eigenvalue weighted by atomic mass is 16.3. The van der Waals surface area contributed by atoms with Gasteiger partial charge in [-0.05, 0) is 26.2 Å². The Morgan fingerprint density at radius 3 is 3.20 bits per heavy atom. The average Bonchev–Trinajstić information content (AvgIpc) is 2.74. The summed E-state index contributed by atoms with van der Waals surface area (Å²) in [6.45, 7) is 1.90. The lowest BCUT2D eigenvalue weighted by Crippen LogP contribution is -2.31. The first kappa shape index (κ1) is 10.2. The molecule has 0 aliphatic heterocycles. The molecule has 0 fully saturated rings. The van der Waals surface area contributed by atoms with Gasteiger partial charge in [0.05, 0.1) is 6.10 Å². The van der Waals surface area contributed by atoms with Crippen LogP contribution in [0.5, 0.6) is 0 Å². The molecule has 15 heavy (non-hydrogen) atoms. The number of aliphatic hydroxyl groups is 1. The summed E-state index contributed by atoms with van der Waals surface area (Å²) in [6, 6.07) is 0. The van der Waals surface area contributed by atoms with Crippen LogP contribution in [0.15, 0.2) is 0 Å². The minimum atomic E-state index is -0.527. The van der Waals surface area contributed by atoms with Gasteiger partial charge in [-0.2, -0.15) is 5.10 Å². The van der Waals surface area contributed by atoms with Gasteiger partial charge in [0.2, 0.25) is 0 Å². The summed E-state index contributed by atoms with van der Waals surface area (Å²) in [5.41, 5.74) is 2.61. The van der Waals surface area contributed by atoms with Crippen molar-refractivity contribution in [3.8, 4) is 0 Å². The van der Waals surface area contributed by atoms with E-state index < -0.39 is 6.10 Å². The molecule has 3 N–H and O–H groups in total. The second-order valence-corrected chi connectivity index (χ2v) is 3.94. The Hall–Kier alpha value is -1.36. The molecule has 1 heterocycles. The van der Waals surface area contributed by atoms with E-state index in [4.69, 9.17) is 5.11 Å². The Labute approximate surface area is 87.9 Å². The van der Waals surface area contributed by atoms with E-state index >= 15 is 0 Å². The normalized spacial score (nSPS) is 16.1. The monoisotopic (exact) mass is 209 g/mol. The SMILES string of the molecule is CC(O)CNC(=O)c1n[nH]c2c1CCC2. The molecule has 82 valence electrons. The molecule has 1 aromatic rings. The van der Waals surface area contributed by atoms with Crippen LogP contribution in [-0.4, -0.2) is 33.9 Å². The van der Waals surface area contributed by atoms with Crippen LogP contribution in [0.1, 0.15) is 35.1 Å². The van der Waals surface area contributed by atoms with Crippen LogP contribution < -0.4 is 5.32 Å². The molecule has 1 atom stereocenters. The quantitative estimate of drug-likeness (QED) is 0.656. The molecule has 5 heteroatoms. The fourth-order valence-corrected chi connectivity index (χ4v) is 1.83. The van der Waals surface area contributed by atoms with E-state index in [0.717, 1.165) is 30.5 Å². The molecule has 0 bridgehead atoms. The van der Waals surface area contributed by atoms with Crippen LogP contribution in [-0.2, 0) is 12.8 Å². The lowest BCUT2D eigenvalue weighted by atomic mass is 10.2. The van der Waals surface area contributed by atoms with Crippen molar-refractivity contribution in [2.75, 3.05) is 6.54 Å². The molecular weight excluding hydrogens is 194 g/mol. The number of carbonyl (C=O) groups is 1. The highest BCUT2D eigenvalue weighted by Crippen LogP contribution is 2.22. The van der Waals surface area contributed by atoms with Gasteiger partial charge in [0.1, 0.15) is 0 Å². The summed E-state index contributed by atoms with van der Waals surface area (Å²) in [6.07, 6.45) is 2.45. The predicted molar refractivity (Wildman–Crippen MR) is 54.6 cm³/mol. The average molecular weight is 209 g/mol. The topological polar surface area (TPSA) is 78.0 Å². The number of H-pyrrole nitrogens is 1. The summed E-state index contributed by atoms with van der Waals surface area (Å²) in [4.78, 5) is 11.7. The highest BCUT2D eigenvalue weighted by Gasteiger charge is 2.22. The smallest absolute Gasteiger partial charge is 0.272 e. The van der Waals surface area contributed by atoms with Gasteiger partial charge in [0.25, 0.3) is 5.91 Å². The zero-order chi connectivity index (χ0) is 10.8. The molecule has 0 saturated heterocycles. The van der Waals surface area contributed by atoms with Crippen LogP contribution >= 0.6 is 0 Å². The summed E-state index contributed by atoms with van der Waals surface area (Å²) < 4.78 is 0. The van der Waals surface area contributed by atoms with Gasteiger partial charge in [-0.1, -0.05) is 0 Å². The number of carbonyl (C=O) groups excluding carboxylic acids is 1. The highest BCUT2D eigenvalue weighted by molar-refractivity contribution is 5.94. The number of hydrogen-bond donors (Lipinski definition) is 3. The predicted octanol–water partition coefficient (Wildman–Crippen LogP) is 0.00900. The third-order valence-corrected chi connectivity index (χ3v) is 2.58. The maximum atomic E-state index is 11.7. The van der Waals surface area contributed by atoms with Crippen molar-refractivity contribution >= 4 is 5.91 Å². The third-order valence-electron chi connectivity index (χ3n) is 2.58. The van der Waals surface area contributed by atoms with Gasteiger partial charge in [0.15, 0.2) is 5.69 Å². The van der Waals surface area contributed by atoms with Gasteiger partial charge in [0, 0.05) is 17.8 Å². The fraction of sp³-hybridized carbons (Fsp3) is 0.600. The van der Waals surface area contributed by atoms with Crippen molar-refractivity contribution in [2.45, 2.75) is 32.3 Å². The number of hydrogen-bond acceptors (Lipinski definition) is 3. The van der Waals surface area contributed by atoms with Crippen molar-refractivity contribution in [1.29, 1.82) is 0 Å². The zero-order valence-corrected chi connectivity index (χ0v) is 8.71. The molecule has 1 amide bonds. The minimum absolute atomic E-state index is 0.199. The molecule has 0 radical (unpaired) electrons. The number of nitrogens with zero attached hydrogens (tertiary/aromatic N) is 1. The maximum absolute atomic E-state index is 11.7. The molecule has 2 rings (SSSR count). The third kappa shape index (κ3) is 2.02. The standard InChI is InChI=1S/C10H15N3O2/c1-6(14)5-11-10(15)9-7-3-2-4-8(7)12-13-9/h6,14H,2-5H2,1H3,(H,11,15)(H,12,13). The summed E-state index contributed by atoms with van der Waals surface area (Å²) in [5.74, 6) is -0.199. The number of rotatable bonds is 3. The molecular formula is C10H15N3O2. The Balaban J connectivity index is 2.06. The van der Waals surface area contributed by atoms with E-state index in [-0.39, 0.29) is 12.5 Å². The molecule has 1 unspecified atom stereocenters. The van der Waals surface area contributed by atoms with E-state index in [0.29, 0.717) is 5.69 Å². The zero-order valence-electron chi connectivity index (χ0n) is 8.71. The van der Waals surface area contributed by atoms with E-state index in [2.05, 4.69) is 15.5 Å². The molecule has 1 aliphatic rings. The number of aromatic nitrogens is 2. The van der Waals surface area contributed by atoms with Crippen LogP contribution in [0.2, 0.25) is 0 Å². The van der Waals surface area contributed by atoms with Crippen molar-refractivity contribution < 1.29 is 9.90 Å². The van der Waals surface area contributed by atoms with Gasteiger partial charge in [-0.3, -0.25) is 9.89 Å².